The van der Waals surface area contributed by atoms with Gasteiger partial charge in [-0.1, -0.05) is 19.1 Å². The molecule has 0 saturated carbocycles. The molecule has 1 saturated heterocycles. The van der Waals surface area contributed by atoms with Gasteiger partial charge >= 0.3 is 0 Å². The minimum Gasteiger partial charge on any atom is -0.350 e. The van der Waals surface area contributed by atoms with Crippen molar-refractivity contribution in [3.05, 3.63) is 35.1 Å². The molecule has 1 atom stereocenters. The number of halogens is 1. The molecule has 0 amide bonds. The summed E-state index contributed by atoms with van der Waals surface area (Å²) in [5.74, 6) is -0.158. The van der Waals surface area contributed by atoms with Crippen molar-refractivity contribution < 1.29 is 13.9 Å². The predicted molar refractivity (Wildman–Crippen MR) is 72.5 cm³/mol. The van der Waals surface area contributed by atoms with Crippen LogP contribution in [0, 0.1) is 12.7 Å². The first kappa shape index (κ1) is 14.4. The fourth-order valence-electron chi connectivity index (χ4n) is 2.22. The predicted octanol–water partition coefficient (Wildman–Crippen LogP) is 2.94. The lowest BCUT2D eigenvalue weighted by Gasteiger charge is -2.22. The molecular weight excluding hydrogens is 245 g/mol. The molecule has 1 fully saturated rings. The monoisotopic (exact) mass is 267 g/mol. The zero-order valence-electron chi connectivity index (χ0n) is 11.6. The topological polar surface area (TPSA) is 30.5 Å². The Bertz CT molecular complexity index is 405. The van der Waals surface area contributed by atoms with Crippen LogP contribution in [0.1, 0.15) is 36.9 Å². The summed E-state index contributed by atoms with van der Waals surface area (Å²) in [6, 6.07) is 5.47. The first-order valence-corrected chi connectivity index (χ1v) is 6.93. The highest BCUT2D eigenvalue weighted by Crippen LogP contribution is 2.24. The van der Waals surface area contributed by atoms with Gasteiger partial charge in [0, 0.05) is 12.5 Å². The maximum atomic E-state index is 13.7. The van der Waals surface area contributed by atoms with Crippen molar-refractivity contribution in [1.29, 1.82) is 0 Å². The van der Waals surface area contributed by atoms with Gasteiger partial charge in [0.1, 0.15) is 5.82 Å². The van der Waals surface area contributed by atoms with Crippen LogP contribution in [0.4, 0.5) is 4.39 Å². The van der Waals surface area contributed by atoms with Gasteiger partial charge in [-0.05, 0) is 37.1 Å². The fourth-order valence-corrected chi connectivity index (χ4v) is 2.22. The summed E-state index contributed by atoms with van der Waals surface area (Å²) >= 11 is 0. The molecular formula is C15H22FNO2. The summed E-state index contributed by atoms with van der Waals surface area (Å²) in [6.45, 7) is 6.08. The third-order valence-corrected chi connectivity index (χ3v) is 3.36. The van der Waals surface area contributed by atoms with Crippen LogP contribution in [0.3, 0.4) is 0 Å². The Morgan fingerprint density at radius 1 is 1.37 bits per heavy atom. The molecule has 1 unspecified atom stereocenters. The van der Waals surface area contributed by atoms with Gasteiger partial charge in [-0.25, -0.2) is 4.39 Å². The summed E-state index contributed by atoms with van der Waals surface area (Å²) in [6.07, 6.45) is 1.57. The first-order valence-electron chi connectivity index (χ1n) is 6.93. The number of benzene rings is 1. The van der Waals surface area contributed by atoms with Crippen molar-refractivity contribution in [3.63, 3.8) is 0 Å². The quantitative estimate of drug-likeness (QED) is 0.859. The average molecular weight is 267 g/mol. The maximum Gasteiger partial charge on any atom is 0.159 e. The summed E-state index contributed by atoms with van der Waals surface area (Å²) in [5, 5.41) is 3.43. The minimum atomic E-state index is -0.182. The third kappa shape index (κ3) is 4.00. The second kappa shape index (κ2) is 6.98. The average Bonchev–Trinajstić information content (AvgIpc) is 2.91. The van der Waals surface area contributed by atoms with E-state index in [0.717, 1.165) is 18.5 Å². The highest BCUT2D eigenvalue weighted by Gasteiger charge is 2.22. The van der Waals surface area contributed by atoms with Crippen molar-refractivity contribution in [2.24, 2.45) is 0 Å². The van der Waals surface area contributed by atoms with E-state index in [-0.39, 0.29) is 18.1 Å². The van der Waals surface area contributed by atoms with Crippen LogP contribution >= 0.6 is 0 Å². The van der Waals surface area contributed by atoms with Gasteiger partial charge in [0.2, 0.25) is 0 Å². The van der Waals surface area contributed by atoms with E-state index in [0.29, 0.717) is 25.2 Å². The molecule has 1 aliphatic heterocycles. The number of aryl methyl sites for hydroxylation is 1. The highest BCUT2D eigenvalue weighted by molar-refractivity contribution is 5.25. The van der Waals surface area contributed by atoms with Crippen molar-refractivity contribution in [3.8, 4) is 0 Å². The van der Waals surface area contributed by atoms with Gasteiger partial charge in [-0.2, -0.15) is 0 Å². The number of hydrogen-bond donors (Lipinski definition) is 1. The molecule has 106 valence electrons. The van der Waals surface area contributed by atoms with Gasteiger partial charge in [0.25, 0.3) is 0 Å². The Labute approximate surface area is 114 Å². The summed E-state index contributed by atoms with van der Waals surface area (Å²) in [5.41, 5.74) is 1.63. The van der Waals surface area contributed by atoms with Crippen LogP contribution in [0.5, 0.6) is 0 Å². The van der Waals surface area contributed by atoms with Crippen LogP contribution in [0.2, 0.25) is 0 Å². The SMILES string of the molecule is CCCNC(CC1OCCO1)c1ccc(C)c(F)c1. The van der Waals surface area contributed by atoms with E-state index in [9.17, 15) is 4.39 Å². The Morgan fingerprint density at radius 2 is 2.11 bits per heavy atom. The van der Waals surface area contributed by atoms with Gasteiger partial charge in [-0.3, -0.25) is 0 Å². The molecule has 0 radical (unpaired) electrons. The molecule has 0 aromatic heterocycles. The minimum absolute atomic E-state index is 0.0677. The maximum absolute atomic E-state index is 13.7. The van der Waals surface area contributed by atoms with Crippen LogP contribution in [0.25, 0.3) is 0 Å². The number of rotatable bonds is 6. The molecule has 1 aliphatic rings. The second-order valence-electron chi connectivity index (χ2n) is 4.92. The van der Waals surface area contributed by atoms with E-state index in [4.69, 9.17) is 9.47 Å². The molecule has 1 aromatic rings. The van der Waals surface area contributed by atoms with Crippen molar-refractivity contribution in [2.75, 3.05) is 19.8 Å². The third-order valence-electron chi connectivity index (χ3n) is 3.36. The first-order chi connectivity index (χ1) is 9.20. The van der Waals surface area contributed by atoms with Crippen molar-refractivity contribution in [2.45, 2.75) is 39.0 Å². The van der Waals surface area contributed by atoms with E-state index in [2.05, 4.69) is 12.2 Å². The fraction of sp³-hybridized carbons (Fsp3) is 0.600. The summed E-state index contributed by atoms with van der Waals surface area (Å²) in [4.78, 5) is 0. The van der Waals surface area contributed by atoms with Gasteiger partial charge in [0.15, 0.2) is 6.29 Å². The Kier molecular flexibility index (Phi) is 5.31. The van der Waals surface area contributed by atoms with Crippen molar-refractivity contribution >= 4 is 0 Å². The number of nitrogens with one attached hydrogen (secondary N) is 1. The van der Waals surface area contributed by atoms with E-state index in [1.165, 1.54) is 0 Å². The van der Waals surface area contributed by atoms with Crippen LogP contribution < -0.4 is 5.32 Å². The molecule has 2 rings (SSSR count). The Balaban J connectivity index is 2.08. The van der Waals surface area contributed by atoms with Crippen molar-refractivity contribution in [1.82, 2.24) is 5.32 Å². The van der Waals surface area contributed by atoms with Crippen LogP contribution in [-0.4, -0.2) is 26.0 Å². The van der Waals surface area contributed by atoms with Gasteiger partial charge in [-0.15, -0.1) is 0 Å². The zero-order chi connectivity index (χ0) is 13.7. The molecule has 0 spiro atoms. The summed E-state index contributed by atoms with van der Waals surface area (Å²) in [7, 11) is 0. The molecule has 19 heavy (non-hydrogen) atoms. The lowest BCUT2D eigenvalue weighted by atomic mass is 10.0. The lowest BCUT2D eigenvalue weighted by Crippen LogP contribution is -2.26. The van der Waals surface area contributed by atoms with Gasteiger partial charge in [0.05, 0.1) is 13.2 Å². The molecule has 0 bridgehead atoms. The molecule has 3 nitrogen and oxygen atoms in total. The Morgan fingerprint density at radius 3 is 2.74 bits per heavy atom. The van der Waals surface area contributed by atoms with Crippen LogP contribution in [0.15, 0.2) is 18.2 Å². The molecule has 0 aliphatic carbocycles. The molecule has 1 aromatic carbocycles. The number of ether oxygens (including phenoxy) is 2. The zero-order valence-corrected chi connectivity index (χ0v) is 11.6. The van der Waals surface area contributed by atoms with Gasteiger partial charge < -0.3 is 14.8 Å². The number of hydrogen-bond acceptors (Lipinski definition) is 3. The standard InChI is InChI=1S/C15H22FNO2/c1-3-6-17-14(10-15-18-7-8-19-15)12-5-4-11(2)13(16)9-12/h4-5,9,14-15,17H,3,6-8,10H2,1-2H3. The van der Waals surface area contributed by atoms with E-state index in [1.54, 1.807) is 13.0 Å². The molecule has 4 heteroatoms. The van der Waals surface area contributed by atoms with Crippen LogP contribution in [-0.2, 0) is 9.47 Å². The highest BCUT2D eigenvalue weighted by atomic mass is 19.1. The van der Waals surface area contributed by atoms with E-state index in [1.807, 2.05) is 12.1 Å². The van der Waals surface area contributed by atoms with E-state index < -0.39 is 0 Å². The molecule has 1 N–H and O–H groups in total. The smallest absolute Gasteiger partial charge is 0.159 e. The second-order valence-corrected chi connectivity index (χ2v) is 4.92. The van der Waals surface area contributed by atoms with E-state index >= 15 is 0 Å². The Hall–Kier alpha value is -0.970. The lowest BCUT2D eigenvalue weighted by molar-refractivity contribution is -0.0530. The normalized spacial score (nSPS) is 17.8. The molecule has 1 heterocycles. The largest absolute Gasteiger partial charge is 0.350 e. The summed E-state index contributed by atoms with van der Waals surface area (Å²) < 4.78 is 24.7.